The highest BCUT2D eigenvalue weighted by atomic mass is 19.4. The quantitative estimate of drug-likeness (QED) is 0.108. The molecule has 0 aliphatic carbocycles. The lowest BCUT2D eigenvalue weighted by Gasteiger charge is -2.35. The van der Waals surface area contributed by atoms with Gasteiger partial charge in [0.1, 0.15) is 6.54 Å². The number of amides is 1. The lowest BCUT2D eigenvalue weighted by atomic mass is 9.91. The van der Waals surface area contributed by atoms with Gasteiger partial charge in [-0.1, -0.05) is 12.0 Å². The van der Waals surface area contributed by atoms with Crippen molar-refractivity contribution in [2.75, 3.05) is 52.1 Å². The maximum Gasteiger partial charge on any atom is 0.406 e. The molecule has 0 bridgehead atoms. The average molecular weight is 679 g/mol. The number of anilines is 1. The summed E-state index contributed by atoms with van der Waals surface area (Å²) in [5.41, 5.74) is 2.36. The molecule has 1 saturated heterocycles. The van der Waals surface area contributed by atoms with E-state index >= 15 is 0 Å². The summed E-state index contributed by atoms with van der Waals surface area (Å²) in [6.07, 6.45) is 3.06. The zero-order valence-electron chi connectivity index (χ0n) is 29.0. The highest BCUT2D eigenvalue weighted by molar-refractivity contribution is 5.83. The Morgan fingerprint density at radius 3 is 2.59 bits per heavy atom. The summed E-state index contributed by atoms with van der Waals surface area (Å²) in [6, 6.07) is 13.8. The number of aromatic nitrogens is 2. The number of nitriles is 1. The molecule has 0 saturated carbocycles. The molecule has 12 heteroatoms. The Morgan fingerprint density at radius 1 is 1.14 bits per heavy atom. The van der Waals surface area contributed by atoms with Crippen LogP contribution in [0.15, 0.2) is 42.6 Å². The van der Waals surface area contributed by atoms with Gasteiger partial charge in [0, 0.05) is 36.1 Å². The van der Waals surface area contributed by atoms with Crippen LogP contribution in [0, 0.1) is 23.2 Å². The number of halogens is 3. The van der Waals surface area contributed by atoms with Crippen molar-refractivity contribution in [3.8, 4) is 17.9 Å². The number of rotatable bonds is 16. The van der Waals surface area contributed by atoms with Gasteiger partial charge in [0.15, 0.2) is 0 Å². The first-order chi connectivity index (χ1) is 23.4. The molecule has 1 atom stereocenters. The van der Waals surface area contributed by atoms with Crippen molar-refractivity contribution in [2.45, 2.75) is 82.7 Å². The number of piperidine rings is 1. The number of carbonyl (C=O) groups is 1. The minimum atomic E-state index is -4.41. The lowest BCUT2D eigenvalue weighted by Crippen LogP contribution is -2.42. The number of fused-ring (bicyclic) bond motifs is 1. The summed E-state index contributed by atoms with van der Waals surface area (Å²) in [5, 5.41) is 19.5. The zero-order valence-corrected chi connectivity index (χ0v) is 29.0. The molecule has 1 unspecified atom stereocenters. The largest absolute Gasteiger partial charge is 0.406 e. The normalized spacial score (nSPS) is 15.1. The minimum absolute atomic E-state index is 0.182. The monoisotopic (exact) mass is 678 g/mol. The Balaban J connectivity index is 1.40. The third-order valence-corrected chi connectivity index (χ3v) is 9.27. The average Bonchev–Trinajstić information content (AvgIpc) is 3.40. The van der Waals surface area contributed by atoms with Crippen LogP contribution >= 0.6 is 0 Å². The van der Waals surface area contributed by atoms with Crippen molar-refractivity contribution in [3.05, 3.63) is 59.5 Å². The summed E-state index contributed by atoms with van der Waals surface area (Å²) in [4.78, 5) is 20.1. The van der Waals surface area contributed by atoms with Crippen LogP contribution < -0.4 is 16.0 Å². The van der Waals surface area contributed by atoms with Gasteiger partial charge < -0.3 is 30.3 Å². The second kappa shape index (κ2) is 17.5. The van der Waals surface area contributed by atoms with E-state index in [1.807, 2.05) is 12.1 Å². The van der Waals surface area contributed by atoms with E-state index in [4.69, 9.17) is 0 Å². The Labute approximate surface area is 288 Å². The molecular formula is C37H49F3N8O. The minimum Gasteiger partial charge on any atom is -0.373 e. The van der Waals surface area contributed by atoms with E-state index in [-0.39, 0.29) is 18.3 Å². The highest BCUT2D eigenvalue weighted by Gasteiger charge is 2.30. The molecule has 264 valence electrons. The zero-order chi connectivity index (χ0) is 35.4. The molecule has 9 nitrogen and oxygen atoms in total. The standard InChI is InChI=1S/C37H49F3N8O/c1-36(2,25-41)35-12-10-31(24-45-35)43-16-5-8-33-22-29-21-28(9-11-34(29)48(33)26-37(38,39)40)23-44-30(13-17-42-27-49)7-6-18-47(4)32-14-19-46(3)20-15-32/h9-12,21-22,24,27,30,32,43-44H,6-7,13-20,23,26H2,1-4H3,(H,42,49). The van der Waals surface area contributed by atoms with Crippen LogP contribution in [0.1, 0.15) is 62.9 Å². The summed E-state index contributed by atoms with van der Waals surface area (Å²) < 4.78 is 42.1. The van der Waals surface area contributed by atoms with E-state index < -0.39 is 18.1 Å². The predicted octanol–water partition coefficient (Wildman–Crippen LogP) is 5.26. The Bertz CT molecular complexity index is 1610. The molecule has 2 aromatic heterocycles. The van der Waals surface area contributed by atoms with Gasteiger partial charge in [0.25, 0.3) is 0 Å². The van der Waals surface area contributed by atoms with Gasteiger partial charge in [-0.2, -0.15) is 18.4 Å². The molecule has 49 heavy (non-hydrogen) atoms. The molecule has 1 aliphatic heterocycles. The number of hydrogen-bond donors (Lipinski definition) is 3. The molecule has 3 aromatic rings. The Morgan fingerprint density at radius 2 is 1.92 bits per heavy atom. The van der Waals surface area contributed by atoms with Crippen molar-refractivity contribution < 1.29 is 18.0 Å². The van der Waals surface area contributed by atoms with Crippen LogP contribution in [0.25, 0.3) is 10.9 Å². The van der Waals surface area contributed by atoms with Crippen molar-refractivity contribution >= 4 is 23.0 Å². The molecule has 3 N–H and O–H groups in total. The number of benzene rings is 1. The van der Waals surface area contributed by atoms with Crippen molar-refractivity contribution in [1.82, 2.24) is 30.0 Å². The van der Waals surface area contributed by atoms with E-state index in [1.54, 1.807) is 44.3 Å². The molecule has 0 radical (unpaired) electrons. The lowest BCUT2D eigenvalue weighted by molar-refractivity contribution is -0.140. The fraction of sp³-hybridized carbons (Fsp3) is 0.541. The SMILES string of the molecule is CN1CCC(N(C)CCCC(CCNC=O)NCc2ccc3c(c2)cc(C#CCNc2ccc(C(C)(C)C#N)nc2)n3CC(F)(F)F)CC1. The van der Waals surface area contributed by atoms with Crippen LogP contribution in [0.5, 0.6) is 0 Å². The fourth-order valence-electron chi connectivity index (χ4n) is 6.22. The maximum atomic E-state index is 13.6. The Kier molecular flexibility index (Phi) is 13.5. The topological polar surface area (TPSA) is 101 Å². The van der Waals surface area contributed by atoms with Gasteiger partial charge in [-0.25, -0.2) is 0 Å². The van der Waals surface area contributed by atoms with Crippen molar-refractivity contribution in [1.29, 1.82) is 5.26 Å². The number of likely N-dealkylation sites (tertiary alicyclic amines) is 1. The van der Waals surface area contributed by atoms with Crippen LogP contribution in [-0.4, -0.2) is 90.8 Å². The van der Waals surface area contributed by atoms with Gasteiger partial charge >= 0.3 is 6.18 Å². The number of alkyl halides is 3. The molecular weight excluding hydrogens is 629 g/mol. The summed E-state index contributed by atoms with van der Waals surface area (Å²) in [7, 11) is 4.37. The Hall–Kier alpha value is -4.10. The third-order valence-electron chi connectivity index (χ3n) is 9.27. The van der Waals surface area contributed by atoms with E-state index in [1.165, 1.54) is 17.4 Å². The molecule has 1 amide bonds. The molecule has 1 aromatic carbocycles. The second-order valence-electron chi connectivity index (χ2n) is 13.5. The first-order valence-electron chi connectivity index (χ1n) is 17.0. The van der Waals surface area contributed by atoms with Crippen LogP contribution in [0.3, 0.4) is 0 Å². The van der Waals surface area contributed by atoms with Crippen molar-refractivity contribution in [2.24, 2.45) is 0 Å². The first kappa shape index (κ1) is 37.7. The summed E-state index contributed by atoms with van der Waals surface area (Å²) in [5.74, 6) is 5.87. The van der Waals surface area contributed by atoms with Gasteiger partial charge in [-0.15, -0.1) is 0 Å². The van der Waals surface area contributed by atoms with Gasteiger partial charge in [0.2, 0.25) is 6.41 Å². The van der Waals surface area contributed by atoms with Crippen LogP contribution in [0.4, 0.5) is 18.9 Å². The van der Waals surface area contributed by atoms with Crippen molar-refractivity contribution in [3.63, 3.8) is 0 Å². The molecule has 3 heterocycles. The first-order valence-corrected chi connectivity index (χ1v) is 17.0. The van der Waals surface area contributed by atoms with E-state index in [9.17, 15) is 23.2 Å². The van der Waals surface area contributed by atoms with Gasteiger partial charge in [-0.3, -0.25) is 9.78 Å². The fourth-order valence-corrected chi connectivity index (χ4v) is 6.22. The van der Waals surface area contributed by atoms with E-state index in [2.05, 4.69) is 62.7 Å². The van der Waals surface area contributed by atoms with Gasteiger partial charge in [-0.05, 0) is 121 Å². The maximum absolute atomic E-state index is 13.6. The number of nitrogens with one attached hydrogen (secondary N) is 3. The van der Waals surface area contributed by atoms with Gasteiger partial charge in [0.05, 0.1) is 41.3 Å². The van der Waals surface area contributed by atoms with E-state index in [0.29, 0.717) is 47.8 Å². The number of pyridine rings is 1. The number of carbonyl (C=O) groups excluding carboxylic acids is 1. The van der Waals surface area contributed by atoms with Crippen LogP contribution in [0.2, 0.25) is 0 Å². The highest BCUT2D eigenvalue weighted by Crippen LogP contribution is 2.27. The third kappa shape index (κ3) is 11.5. The number of hydrogen-bond acceptors (Lipinski definition) is 7. The van der Waals surface area contributed by atoms with E-state index in [0.717, 1.165) is 44.5 Å². The summed E-state index contributed by atoms with van der Waals surface area (Å²) >= 11 is 0. The molecule has 0 spiro atoms. The van der Waals surface area contributed by atoms with Crippen LogP contribution in [-0.2, 0) is 23.3 Å². The molecule has 1 aliphatic rings. The summed E-state index contributed by atoms with van der Waals surface area (Å²) in [6.45, 7) is 7.05. The second-order valence-corrected chi connectivity index (χ2v) is 13.5. The number of nitrogens with zero attached hydrogens (tertiary/aromatic N) is 5. The molecule has 4 rings (SSSR count). The predicted molar refractivity (Wildman–Crippen MR) is 188 cm³/mol. The smallest absolute Gasteiger partial charge is 0.373 e. The molecule has 1 fully saturated rings.